The highest BCUT2D eigenvalue weighted by atomic mass is 16.5. The number of nitrogens with one attached hydrogen (secondary N) is 1. The van der Waals surface area contributed by atoms with Crippen molar-refractivity contribution in [2.24, 2.45) is 0 Å². The molecule has 0 saturated carbocycles. The van der Waals surface area contributed by atoms with E-state index in [1.165, 1.54) is 0 Å². The summed E-state index contributed by atoms with van der Waals surface area (Å²) in [6.07, 6.45) is 2.70. The number of hydrogen-bond donors (Lipinski definition) is 1. The fraction of sp³-hybridized carbons (Fsp3) is 0.412. The molecule has 0 saturated heterocycles. The Morgan fingerprint density at radius 2 is 2.32 bits per heavy atom. The molecule has 1 aromatic carbocycles. The molecular formula is C17H21N3O2. The van der Waals surface area contributed by atoms with Gasteiger partial charge in [0.1, 0.15) is 18.9 Å². The number of fused-ring (bicyclic) bond motifs is 3. The average Bonchev–Trinajstić information content (AvgIpc) is 2.90. The first kappa shape index (κ1) is 14.6. The number of amides is 1. The summed E-state index contributed by atoms with van der Waals surface area (Å²) >= 11 is 0. The lowest BCUT2D eigenvalue weighted by Gasteiger charge is -2.20. The SMILES string of the molecule is CC[C@@H](C)NC(=O)Cn1ncc2c1-c1cc(C)ccc1OC2. The van der Waals surface area contributed by atoms with Crippen LogP contribution in [0.1, 0.15) is 31.4 Å². The Morgan fingerprint density at radius 1 is 1.50 bits per heavy atom. The van der Waals surface area contributed by atoms with Gasteiger partial charge < -0.3 is 10.1 Å². The summed E-state index contributed by atoms with van der Waals surface area (Å²) in [7, 11) is 0. The Labute approximate surface area is 130 Å². The molecule has 0 fully saturated rings. The molecule has 5 heteroatoms. The van der Waals surface area contributed by atoms with Gasteiger partial charge in [0.15, 0.2) is 0 Å². The minimum absolute atomic E-state index is 0.0130. The minimum Gasteiger partial charge on any atom is -0.488 e. The van der Waals surface area contributed by atoms with Crippen LogP contribution in [0, 0.1) is 6.92 Å². The second-order valence-electron chi connectivity index (χ2n) is 5.84. The van der Waals surface area contributed by atoms with Gasteiger partial charge >= 0.3 is 0 Å². The van der Waals surface area contributed by atoms with Crippen LogP contribution in [0.15, 0.2) is 24.4 Å². The smallest absolute Gasteiger partial charge is 0.241 e. The van der Waals surface area contributed by atoms with Gasteiger partial charge in [0.25, 0.3) is 0 Å². The standard InChI is InChI=1S/C17H21N3O2/c1-4-12(3)19-16(21)9-20-17-13(8-18-20)10-22-15-6-5-11(2)7-14(15)17/h5-8,12H,4,9-10H2,1-3H3,(H,19,21)/t12-/m1/s1. The molecule has 1 amide bonds. The molecule has 1 aromatic heterocycles. The van der Waals surface area contributed by atoms with Gasteiger partial charge in [0.2, 0.25) is 5.91 Å². The van der Waals surface area contributed by atoms with Crippen LogP contribution in [0.4, 0.5) is 0 Å². The van der Waals surface area contributed by atoms with Crippen LogP contribution in [0.2, 0.25) is 0 Å². The number of benzene rings is 1. The molecule has 0 spiro atoms. The highest BCUT2D eigenvalue weighted by Crippen LogP contribution is 2.37. The van der Waals surface area contributed by atoms with Crippen molar-refractivity contribution in [3.63, 3.8) is 0 Å². The Bertz CT molecular complexity index is 706. The van der Waals surface area contributed by atoms with E-state index >= 15 is 0 Å². The zero-order valence-electron chi connectivity index (χ0n) is 13.2. The molecule has 0 bridgehead atoms. The lowest BCUT2D eigenvalue weighted by atomic mass is 10.0. The van der Waals surface area contributed by atoms with Crippen LogP contribution in [0.3, 0.4) is 0 Å². The van der Waals surface area contributed by atoms with Crippen molar-refractivity contribution in [2.45, 2.75) is 46.4 Å². The topological polar surface area (TPSA) is 56.2 Å². The molecule has 5 nitrogen and oxygen atoms in total. The van der Waals surface area contributed by atoms with Gasteiger partial charge in [-0.25, -0.2) is 0 Å². The van der Waals surface area contributed by atoms with E-state index in [1.54, 1.807) is 10.9 Å². The van der Waals surface area contributed by atoms with E-state index in [2.05, 4.69) is 23.4 Å². The maximum absolute atomic E-state index is 12.1. The van der Waals surface area contributed by atoms with Gasteiger partial charge in [0.05, 0.1) is 11.9 Å². The summed E-state index contributed by atoms with van der Waals surface area (Å²) in [5.74, 6) is 0.836. The van der Waals surface area contributed by atoms with Crippen LogP contribution in [0.25, 0.3) is 11.3 Å². The summed E-state index contributed by atoms with van der Waals surface area (Å²) in [6, 6.07) is 6.26. The van der Waals surface area contributed by atoms with E-state index in [0.29, 0.717) is 6.61 Å². The largest absolute Gasteiger partial charge is 0.488 e. The molecule has 116 valence electrons. The Morgan fingerprint density at radius 3 is 3.09 bits per heavy atom. The number of carbonyl (C=O) groups is 1. The monoisotopic (exact) mass is 299 g/mol. The average molecular weight is 299 g/mol. The molecule has 1 aliphatic heterocycles. The van der Waals surface area contributed by atoms with Crippen LogP contribution in [0.5, 0.6) is 5.75 Å². The third-order valence-electron chi connectivity index (χ3n) is 4.00. The van der Waals surface area contributed by atoms with Crippen molar-refractivity contribution in [2.75, 3.05) is 0 Å². The van der Waals surface area contributed by atoms with E-state index in [4.69, 9.17) is 4.74 Å². The third kappa shape index (κ3) is 2.71. The fourth-order valence-electron chi connectivity index (χ4n) is 2.63. The number of aromatic nitrogens is 2. The van der Waals surface area contributed by atoms with Gasteiger partial charge in [-0.1, -0.05) is 18.6 Å². The summed E-state index contributed by atoms with van der Waals surface area (Å²) in [4.78, 5) is 12.1. The van der Waals surface area contributed by atoms with Gasteiger partial charge in [-0.3, -0.25) is 9.48 Å². The highest BCUT2D eigenvalue weighted by Gasteiger charge is 2.23. The normalized spacial score (nSPS) is 13.8. The lowest BCUT2D eigenvalue weighted by molar-refractivity contribution is -0.122. The number of carbonyl (C=O) groups excluding carboxylic acids is 1. The maximum Gasteiger partial charge on any atom is 0.241 e. The number of aryl methyl sites for hydroxylation is 1. The van der Waals surface area contributed by atoms with E-state index in [1.807, 2.05) is 26.0 Å². The number of nitrogens with zero attached hydrogens (tertiary/aromatic N) is 2. The molecule has 0 radical (unpaired) electrons. The molecule has 3 rings (SSSR count). The maximum atomic E-state index is 12.1. The van der Waals surface area contributed by atoms with Gasteiger partial charge in [-0.2, -0.15) is 5.10 Å². The minimum atomic E-state index is -0.0130. The van der Waals surface area contributed by atoms with E-state index in [-0.39, 0.29) is 18.5 Å². The summed E-state index contributed by atoms with van der Waals surface area (Å²) < 4.78 is 7.52. The van der Waals surface area contributed by atoms with Crippen molar-refractivity contribution in [3.8, 4) is 17.0 Å². The van der Waals surface area contributed by atoms with Crippen molar-refractivity contribution in [1.82, 2.24) is 15.1 Å². The molecule has 0 unspecified atom stereocenters. The highest BCUT2D eigenvalue weighted by molar-refractivity contribution is 5.78. The Hall–Kier alpha value is -2.30. The lowest BCUT2D eigenvalue weighted by Crippen LogP contribution is -2.35. The van der Waals surface area contributed by atoms with Gasteiger partial charge in [-0.15, -0.1) is 0 Å². The number of hydrogen-bond acceptors (Lipinski definition) is 3. The van der Waals surface area contributed by atoms with Crippen molar-refractivity contribution in [1.29, 1.82) is 0 Å². The van der Waals surface area contributed by atoms with Crippen molar-refractivity contribution in [3.05, 3.63) is 35.5 Å². The van der Waals surface area contributed by atoms with Gasteiger partial charge in [-0.05, 0) is 32.4 Å². The van der Waals surface area contributed by atoms with Crippen LogP contribution < -0.4 is 10.1 Å². The molecule has 22 heavy (non-hydrogen) atoms. The van der Waals surface area contributed by atoms with Crippen molar-refractivity contribution >= 4 is 5.91 Å². The Balaban J connectivity index is 1.91. The summed E-state index contributed by atoms with van der Waals surface area (Å²) in [6.45, 7) is 6.83. The zero-order valence-corrected chi connectivity index (χ0v) is 13.2. The van der Waals surface area contributed by atoms with Crippen LogP contribution in [-0.4, -0.2) is 21.7 Å². The molecule has 2 heterocycles. The van der Waals surface area contributed by atoms with E-state index in [9.17, 15) is 4.79 Å². The van der Waals surface area contributed by atoms with Crippen LogP contribution in [-0.2, 0) is 17.9 Å². The second-order valence-corrected chi connectivity index (χ2v) is 5.84. The first-order valence-corrected chi connectivity index (χ1v) is 7.66. The second kappa shape index (κ2) is 5.83. The predicted octanol–water partition coefficient (Wildman–Crippen LogP) is 2.67. The molecule has 1 atom stereocenters. The molecule has 1 aliphatic rings. The first-order chi connectivity index (χ1) is 10.6. The number of rotatable bonds is 4. The summed E-state index contributed by atoms with van der Waals surface area (Å²) in [5.41, 5.74) is 4.18. The zero-order chi connectivity index (χ0) is 15.7. The number of ether oxygens (including phenoxy) is 1. The van der Waals surface area contributed by atoms with E-state index in [0.717, 1.165) is 34.6 Å². The third-order valence-corrected chi connectivity index (χ3v) is 4.00. The van der Waals surface area contributed by atoms with Gasteiger partial charge in [0, 0.05) is 17.2 Å². The summed E-state index contributed by atoms with van der Waals surface area (Å²) in [5, 5.41) is 7.35. The molecule has 1 N–H and O–H groups in total. The van der Waals surface area contributed by atoms with Crippen molar-refractivity contribution < 1.29 is 9.53 Å². The fourth-order valence-corrected chi connectivity index (χ4v) is 2.63. The predicted molar refractivity (Wildman–Crippen MR) is 84.6 cm³/mol. The molecular weight excluding hydrogens is 278 g/mol. The van der Waals surface area contributed by atoms with E-state index < -0.39 is 0 Å². The molecule has 2 aromatic rings. The first-order valence-electron chi connectivity index (χ1n) is 7.66. The van der Waals surface area contributed by atoms with Crippen LogP contribution >= 0.6 is 0 Å². The quantitative estimate of drug-likeness (QED) is 0.944. The Kier molecular flexibility index (Phi) is 3.88. The molecule has 0 aliphatic carbocycles.